The summed E-state index contributed by atoms with van der Waals surface area (Å²) in [5.74, 6) is -0.218. The third-order valence-electron chi connectivity index (χ3n) is 6.91. The van der Waals surface area contributed by atoms with Crippen LogP contribution in [0, 0.1) is 5.92 Å². The molecule has 6 atom stereocenters. The first-order valence-corrected chi connectivity index (χ1v) is 15.1. The average molecular weight is 570 g/mol. The van der Waals surface area contributed by atoms with Gasteiger partial charge in [0.05, 0.1) is 18.7 Å². The molecule has 0 saturated carbocycles. The third-order valence-corrected chi connectivity index (χ3v) is 8.42. The fourth-order valence-electron chi connectivity index (χ4n) is 4.85. The Bertz CT molecular complexity index is 889. The molecule has 3 aliphatic heterocycles. The van der Waals surface area contributed by atoms with Crippen molar-refractivity contribution in [1.82, 2.24) is 26.6 Å². The predicted molar refractivity (Wildman–Crippen MR) is 146 cm³/mol. The number of fused-ring (bicyclic) bond motifs is 1. The Balaban J connectivity index is 1.22. The van der Waals surface area contributed by atoms with E-state index in [1.807, 2.05) is 25.6 Å². The molecule has 13 heteroatoms. The molecule has 0 bridgehead atoms. The lowest BCUT2D eigenvalue weighted by Crippen LogP contribution is -2.49. The minimum atomic E-state index is -0.920. The minimum absolute atomic E-state index is 0.0231. The summed E-state index contributed by atoms with van der Waals surface area (Å²) in [5.41, 5.74) is 0. The van der Waals surface area contributed by atoms with E-state index in [9.17, 15) is 24.0 Å². The van der Waals surface area contributed by atoms with Crippen LogP contribution >= 0.6 is 11.8 Å². The first kappa shape index (κ1) is 31.0. The highest BCUT2D eigenvalue weighted by Gasteiger charge is 2.52. The number of carbonyl (C=O) groups is 5. The van der Waals surface area contributed by atoms with Crippen LogP contribution in [0.4, 0.5) is 4.79 Å². The molecule has 3 heterocycles. The summed E-state index contributed by atoms with van der Waals surface area (Å²) in [4.78, 5) is 60.4. The van der Waals surface area contributed by atoms with Crippen molar-refractivity contribution < 1.29 is 33.4 Å². The lowest BCUT2D eigenvalue weighted by Gasteiger charge is -2.20. The molecule has 0 aromatic heterocycles. The van der Waals surface area contributed by atoms with Crippen LogP contribution in [0.2, 0.25) is 0 Å². The van der Waals surface area contributed by atoms with E-state index < -0.39 is 30.1 Å². The molecule has 5 amide bonds. The standard InChI is InChI=1S/C26H43N5O7S/c1-4-37-25(35)22-21(38-22)24(34)29-16(13-15(2)3)23(33)28-12-8-7-11-27-19(32)10-6-5-9-18-20-17(14-39-18)30-26(36)31-20/h15-18,20-22H,4-14H2,1-3H3,(H,27,32)(H,28,33)(H,29,34)(H2,30,31,36). The van der Waals surface area contributed by atoms with Gasteiger partial charge in [0.25, 0.3) is 5.91 Å². The van der Waals surface area contributed by atoms with E-state index in [-0.39, 0.29) is 42.5 Å². The van der Waals surface area contributed by atoms with Gasteiger partial charge in [0.1, 0.15) is 6.04 Å². The molecule has 0 aromatic carbocycles. The molecule has 0 radical (unpaired) electrons. The molecule has 6 unspecified atom stereocenters. The molecule has 5 N–H and O–H groups in total. The zero-order valence-corrected chi connectivity index (χ0v) is 23.9. The van der Waals surface area contributed by atoms with Crippen molar-refractivity contribution in [2.45, 2.75) is 101 Å². The van der Waals surface area contributed by atoms with Crippen LogP contribution in [0.1, 0.15) is 65.7 Å². The summed E-state index contributed by atoms with van der Waals surface area (Å²) in [7, 11) is 0. The number of nitrogens with one attached hydrogen (secondary N) is 5. The van der Waals surface area contributed by atoms with Crippen LogP contribution < -0.4 is 26.6 Å². The molecule has 220 valence electrons. The fourth-order valence-corrected chi connectivity index (χ4v) is 6.39. The summed E-state index contributed by atoms with van der Waals surface area (Å²) in [6.07, 6.45) is 3.26. The number of ether oxygens (including phenoxy) is 2. The van der Waals surface area contributed by atoms with E-state index in [0.29, 0.717) is 37.6 Å². The number of esters is 1. The largest absolute Gasteiger partial charge is 0.464 e. The number of hydrogen-bond acceptors (Lipinski definition) is 8. The monoisotopic (exact) mass is 569 g/mol. The van der Waals surface area contributed by atoms with Gasteiger partial charge in [-0.15, -0.1) is 0 Å². The molecule has 12 nitrogen and oxygen atoms in total. The van der Waals surface area contributed by atoms with Gasteiger partial charge < -0.3 is 36.1 Å². The van der Waals surface area contributed by atoms with E-state index in [0.717, 1.165) is 31.4 Å². The molecule has 0 aromatic rings. The summed E-state index contributed by atoms with van der Waals surface area (Å²) in [5, 5.41) is 14.8. The summed E-state index contributed by atoms with van der Waals surface area (Å²) in [6, 6.07) is -0.377. The Morgan fingerprint density at radius 3 is 2.51 bits per heavy atom. The van der Waals surface area contributed by atoms with Crippen molar-refractivity contribution in [3.8, 4) is 0 Å². The maximum absolute atomic E-state index is 12.7. The number of amides is 5. The molecular formula is C26H43N5O7S. The van der Waals surface area contributed by atoms with Gasteiger partial charge in [0, 0.05) is 30.5 Å². The number of thioether (sulfide) groups is 1. The minimum Gasteiger partial charge on any atom is -0.464 e. The van der Waals surface area contributed by atoms with E-state index >= 15 is 0 Å². The highest BCUT2D eigenvalue weighted by Crippen LogP contribution is 2.33. The van der Waals surface area contributed by atoms with Crippen LogP contribution in [0.5, 0.6) is 0 Å². The Labute approximate surface area is 234 Å². The quantitative estimate of drug-likeness (QED) is 0.0734. The molecule has 3 aliphatic rings. The van der Waals surface area contributed by atoms with Crippen LogP contribution in [0.15, 0.2) is 0 Å². The second-order valence-corrected chi connectivity index (χ2v) is 11.9. The van der Waals surface area contributed by atoms with E-state index in [2.05, 4.69) is 26.6 Å². The second-order valence-electron chi connectivity index (χ2n) is 10.6. The van der Waals surface area contributed by atoms with Gasteiger partial charge in [0.15, 0.2) is 12.2 Å². The van der Waals surface area contributed by atoms with Crippen molar-refractivity contribution in [3.63, 3.8) is 0 Å². The van der Waals surface area contributed by atoms with Gasteiger partial charge in [0.2, 0.25) is 11.8 Å². The van der Waals surface area contributed by atoms with Crippen molar-refractivity contribution in [3.05, 3.63) is 0 Å². The van der Waals surface area contributed by atoms with Crippen molar-refractivity contribution in [2.24, 2.45) is 5.92 Å². The number of rotatable bonds is 17. The zero-order valence-electron chi connectivity index (χ0n) is 23.1. The zero-order chi connectivity index (χ0) is 28.4. The third kappa shape index (κ3) is 9.86. The molecule has 3 rings (SSSR count). The SMILES string of the molecule is CCOC(=O)C1OC1C(=O)NC(CC(C)C)C(=O)NCCCCNC(=O)CCCCC1SCC2NC(=O)NC21. The maximum Gasteiger partial charge on any atom is 0.338 e. The van der Waals surface area contributed by atoms with Gasteiger partial charge in [-0.05, 0) is 44.9 Å². The van der Waals surface area contributed by atoms with E-state index in [4.69, 9.17) is 9.47 Å². The first-order valence-electron chi connectivity index (χ1n) is 14.0. The number of urea groups is 1. The van der Waals surface area contributed by atoms with Crippen LogP contribution in [0.3, 0.4) is 0 Å². The second kappa shape index (κ2) is 15.3. The molecule has 39 heavy (non-hydrogen) atoms. The van der Waals surface area contributed by atoms with Crippen LogP contribution in [-0.2, 0) is 28.7 Å². The Morgan fingerprint density at radius 1 is 1.05 bits per heavy atom. The van der Waals surface area contributed by atoms with Gasteiger partial charge >= 0.3 is 12.0 Å². The molecule has 3 fully saturated rings. The highest BCUT2D eigenvalue weighted by molar-refractivity contribution is 8.00. The lowest BCUT2D eigenvalue weighted by atomic mass is 10.0. The highest BCUT2D eigenvalue weighted by atomic mass is 32.2. The summed E-state index contributed by atoms with van der Waals surface area (Å²) in [6.45, 7) is 6.76. The topological polar surface area (TPSA) is 167 Å². The van der Waals surface area contributed by atoms with Crippen molar-refractivity contribution in [2.75, 3.05) is 25.4 Å². The average Bonchev–Trinajstić information content (AvgIpc) is 3.49. The van der Waals surface area contributed by atoms with E-state index in [1.54, 1.807) is 6.92 Å². The molecule has 0 aliphatic carbocycles. The van der Waals surface area contributed by atoms with Crippen molar-refractivity contribution in [1.29, 1.82) is 0 Å². The maximum atomic E-state index is 12.7. The number of carbonyl (C=O) groups excluding carboxylic acids is 5. The predicted octanol–water partition coefficient (Wildman–Crippen LogP) is 0.586. The number of hydrogen-bond donors (Lipinski definition) is 5. The van der Waals surface area contributed by atoms with Crippen LogP contribution in [0.25, 0.3) is 0 Å². The fraction of sp³-hybridized carbons (Fsp3) is 0.808. The van der Waals surface area contributed by atoms with Gasteiger partial charge in [-0.25, -0.2) is 9.59 Å². The molecule has 3 saturated heterocycles. The Hall–Kier alpha value is -2.54. The Morgan fingerprint density at radius 2 is 1.79 bits per heavy atom. The van der Waals surface area contributed by atoms with Crippen molar-refractivity contribution >= 4 is 41.5 Å². The normalized spacial score (nSPS) is 25.7. The number of unbranched alkanes of at least 4 members (excludes halogenated alkanes) is 2. The van der Waals surface area contributed by atoms with E-state index in [1.165, 1.54) is 0 Å². The molecule has 0 spiro atoms. The summed E-state index contributed by atoms with van der Waals surface area (Å²) >= 11 is 1.88. The Kier molecular flexibility index (Phi) is 12.2. The first-order chi connectivity index (χ1) is 18.7. The number of epoxide rings is 1. The molecular weight excluding hydrogens is 526 g/mol. The lowest BCUT2D eigenvalue weighted by molar-refractivity contribution is -0.144. The van der Waals surface area contributed by atoms with Gasteiger partial charge in [-0.1, -0.05) is 20.3 Å². The van der Waals surface area contributed by atoms with Gasteiger partial charge in [-0.3, -0.25) is 14.4 Å². The summed E-state index contributed by atoms with van der Waals surface area (Å²) < 4.78 is 9.98. The van der Waals surface area contributed by atoms with Crippen LogP contribution in [-0.4, -0.2) is 90.8 Å². The smallest absolute Gasteiger partial charge is 0.338 e. The van der Waals surface area contributed by atoms with Gasteiger partial charge in [-0.2, -0.15) is 11.8 Å².